The van der Waals surface area contributed by atoms with Gasteiger partial charge in [0.2, 0.25) is 5.91 Å². The number of hydrogen-bond acceptors (Lipinski definition) is 3. The summed E-state index contributed by atoms with van der Waals surface area (Å²) in [7, 11) is 3.48. The molecule has 1 heterocycles. The molecule has 1 atom stereocenters. The molecule has 0 aliphatic carbocycles. The van der Waals surface area contributed by atoms with Crippen LogP contribution in [-0.4, -0.2) is 29.9 Å². The van der Waals surface area contributed by atoms with E-state index in [4.69, 9.17) is 4.74 Å². The Morgan fingerprint density at radius 3 is 2.26 bits per heavy atom. The Bertz CT molecular complexity index is 849. The highest BCUT2D eigenvalue weighted by Crippen LogP contribution is 2.30. The maximum atomic E-state index is 12.9. The van der Waals surface area contributed by atoms with Gasteiger partial charge < -0.3 is 9.64 Å². The summed E-state index contributed by atoms with van der Waals surface area (Å²) in [6.45, 7) is 0.504. The van der Waals surface area contributed by atoms with E-state index in [9.17, 15) is 4.79 Å². The zero-order valence-electron chi connectivity index (χ0n) is 15.7. The van der Waals surface area contributed by atoms with Gasteiger partial charge in [0.1, 0.15) is 5.75 Å². The maximum Gasteiger partial charge on any atom is 0.223 e. The van der Waals surface area contributed by atoms with Crippen LogP contribution >= 0.6 is 0 Å². The van der Waals surface area contributed by atoms with Crippen LogP contribution in [0.3, 0.4) is 0 Å². The summed E-state index contributed by atoms with van der Waals surface area (Å²) in [5.41, 5.74) is 3.11. The Morgan fingerprint density at radius 1 is 0.963 bits per heavy atom. The van der Waals surface area contributed by atoms with E-state index in [2.05, 4.69) is 17.1 Å². The molecule has 0 fully saturated rings. The van der Waals surface area contributed by atoms with Crippen molar-refractivity contribution < 1.29 is 9.53 Å². The number of nitrogens with zero attached hydrogens (tertiary/aromatic N) is 2. The smallest absolute Gasteiger partial charge is 0.223 e. The number of carbonyl (C=O) groups is 1. The lowest BCUT2D eigenvalue weighted by molar-refractivity contribution is -0.130. The van der Waals surface area contributed by atoms with E-state index in [0.29, 0.717) is 13.0 Å². The number of rotatable bonds is 7. The van der Waals surface area contributed by atoms with Gasteiger partial charge in [-0.3, -0.25) is 9.78 Å². The van der Waals surface area contributed by atoms with Gasteiger partial charge in [-0.25, -0.2) is 0 Å². The molecule has 1 amide bonds. The van der Waals surface area contributed by atoms with E-state index in [0.717, 1.165) is 22.6 Å². The minimum Gasteiger partial charge on any atom is -0.497 e. The van der Waals surface area contributed by atoms with Gasteiger partial charge in [-0.1, -0.05) is 48.5 Å². The van der Waals surface area contributed by atoms with Gasteiger partial charge in [-0.2, -0.15) is 0 Å². The van der Waals surface area contributed by atoms with Crippen molar-refractivity contribution in [3.8, 4) is 5.75 Å². The van der Waals surface area contributed by atoms with Gasteiger partial charge >= 0.3 is 0 Å². The van der Waals surface area contributed by atoms with Gasteiger partial charge in [-0.15, -0.1) is 0 Å². The lowest BCUT2D eigenvalue weighted by Gasteiger charge is -2.22. The highest BCUT2D eigenvalue weighted by Gasteiger charge is 2.21. The summed E-state index contributed by atoms with van der Waals surface area (Å²) in [5.74, 6) is 0.894. The fourth-order valence-electron chi connectivity index (χ4n) is 3.10. The first-order chi connectivity index (χ1) is 13.2. The molecule has 0 spiro atoms. The highest BCUT2D eigenvalue weighted by atomic mass is 16.5. The van der Waals surface area contributed by atoms with Crippen molar-refractivity contribution in [2.24, 2.45) is 0 Å². The molecule has 0 aliphatic heterocycles. The average Bonchev–Trinajstić information content (AvgIpc) is 2.73. The van der Waals surface area contributed by atoms with Gasteiger partial charge in [0.25, 0.3) is 0 Å². The molecule has 0 bridgehead atoms. The van der Waals surface area contributed by atoms with Crippen molar-refractivity contribution in [1.29, 1.82) is 0 Å². The monoisotopic (exact) mass is 360 g/mol. The summed E-state index contributed by atoms with van der Waals surface area (Å²) in [6, 6.07) is 23.8. The number of methoxy groups -OCH3 is 1. The van der Waals surface area contributed by atoms with E-state index >= 15 is 0 Å². The number of hydrogen-bond donors (Lipinski definition) is 0. The lowest BCUT2D eigenvalue weighted by Crippen LogP contribution is -2.28. The fourth-order valence-corrected chi connectivity index (χ4v) is 3.10. The second kappa shape index (κ2) is 8.99. The second-order valence-corrected chi connectivity index (χ2v) is 6.51. The highest BCUT2D eigenvalue weighted by molar-refractivity contribution is 5.77. The van der Waals surface area contributed by atoms with Crippen LogP contribution in [0.1, 0.15) is 29.2 Å². The van der Waals surface area contributed by atoms with Crippen LogP contribution in [0.5, 0.6) is 5.75 Å². The number of carbonyl (C=O) groups excluding carboxylic acids is 1. The van der Waals surface area contributed by atoms with Gasteiger partial charge in [0, 0.05) is 25.6 Å². The Balaban J connectivity index is 1.79. The van der Waals surface area contributed by atoms with Crippen molar-refractivity contribution in [3.63, 3.8) is 0 Å². The molecule has 3 rings (SSSR count). The van der Waals surface area contributed by atoms with E-state index < -0.39 is 0 Å². The summed E-state index contributed by atoms with van der Waals surface area (Å²) in [5, 5.41) is 0. The van der Waals surface area contributed by atoms with Crippen LogP contribution < -0.4 is 4.74 Å². The summed E-state index contributed by atoms with van der Waals surface area (Å²) in [6.07, 6.45) is 2.15. The molecule has 138 valence electrons. The van der Waals surface area contributed by atoms with Gasteiger partial charge in [-0.05, 0) is 35.4 Å². The third kappa shape index (κ3) is 4.94. The van der Waals surface area contributed by atoms with Crippen molar-refractivity contribution >= 4 is 5.91 Å². The number of ether oxygens (including phenoxy) is 1. The molecule has 4 nitrogen and oxygen atoms in total. The minimum atomic E-state index is -0.00390. The number of aromatic nitrogens is 1. The minimum absolute atomic E-state index is 0.00390. The van der Waals surface area contributed by atoms with Crippen LogP contribution in [0.15, 0.2) is 79.0 Å². The van der Waals surface area contributed by atoms with Crippen LogP contribution in [0.25, 0.3) is 0 Å². The summed E-state index contributed by atoms with van der Waals surface area (Å²) in [4.78, 5) is 18.9. The fraction of sp³-hybridized carbons (Fsp3) is 0.217. The molecule has 0 saturated heterocycles. The summed E-state index contributed by atoms with van der Waals surface area (Å²) < 4.78 is 5.26. The molecule has 0 N–H and O–H groups in total. The quantitative estimate of drug-likeness (QED) is 0.632. The molecule has 4 heteroatoms. The molecule has 0 aliphatic rings. The first-order valence-electron chi connectivity index (χ1n) is 9.00. The average molecular weight is 360 g/mol. The first-order valence-corrected chi connectivity index (χ1v) is 9.00. The van der Waals surface area contributed by atoms with E-state index in [1.54, 1.807) is 18.2 Å². The third-order valence-electron chi connectivity index (χ3n) is 4.65. The topological polar surface area (TPSA) is 42.4 Å². The Hall–Kier alpha value is -3.14. The molecule has 3 aromatic rings. The number of benzene rings is 2. The van der Waals surface area contributed by atoms with Crippen LogP contribution in [-0.2, 0) is 11.3 Å². The molecule has 27 heavy (non-hydrogen) atoms. The first kappa shape index (κ1) is 18.6. The van der Waals surface area contributed by atoms with Crippen molar-refractivity contribution in [3.05, 3.63) is 95.8 Å². The van der Waals surface area contributed by atoms with E-state index in [1.807, 2.05) is 67.7 Å². The second-order valence-electron chi connectivity index (χ2n) is 6.51. The predicted molar refractivity (Wildman–Crippen MR) is 107 cm³/mol. The zero-order chi connectivity index (χ0) is 19.1. The van der Waals surface area contributed by atoms with Gasteiger partial charge in [0.05, 0.1) is 19.3 Å². The van der Waals surface area contributed by atoms with Crippen molar-refractivity contribution in [2.45, 2.75) is 18.9 Å². The van der Waals surface area contributed by atoms with Crippen molar-refractivity contribution in [2.75, 3.05) is 14.2 Å². The maximum absolute atomic E-state index is 12.9. The van der Waals surface area contributed by atoms with Crippen LogP contribution in [0.4, 0.5) is 0 Å². The number of pyridine rings is 1. The van der Waals surface area contributed by atoms with Crippen LogP contribution in [0, 0.1) is 0 Å². The van der Waals surface area contributed by atoms with Gasteiger partial charge in [0.15, 0.2) is 0 Å². The predicted octanol–water partition coefficient (Wildman–Crippen LogP) is 4.27. The van der Waals surface area contributed by atoms with Crippen LogP contribution in [0.2, 0.25) is 0 Å². The Kier molecular flexibility index (Phi) is 6.21. The molecule has 1 unspecified atom stereocenters. The van der Waals surface area contributed by atoms with Crippen molar-refractivity contribution in [1.82, 2.24) is 9.88 Å². The normalized spacial score (nSPS) is 11.6. The molecular weight excluding hydrogens is 336 g/mol. The molecular formula is C23H24N2O2. The molecule has 0 saturated carbocycles. The Morgan fingerprint density at radius 2 is 1.63 bits per heavy atom. The number of amides is 1. The Labute approximate surface area is 160 Å². The SMILES string of the molecule is COc1ccc(C(CC(=O)N(C)Cc2ccccn2)c2ccccc2)cc1. The molecule has 1 aromatic heterocycles. The van der Waals surface area contributed by atoms with E-state index in [1.165, 1.54) is 0 Å². The molecule has 2 aromatic carbocycles. The lowest BCUT2D eigenvalue weighted by atomic mass is 9.88. The third-order valence-corrected chi connectivity index (χ3v) is 4.65. The van der Waals surface area contributed by atoms with E-state index in [-0.39, 0.29) is 11.8 Å². The summed E-state index contributed by atoms with van der Waals surface area (Å²) >= 11 is 0. The zero-order valence-corrected chi connectivity index (χ0v) is 15.7. The molecule has 0 radical (unpaired) electrons. The standard InChI is InChI=1S/C23H24N2O2/c1-25(17-20-10-6-7-15-24-20)23(26)16-22(18-8-4-3-5-9-18)19-11-13-21(27-2)14-12-19/h3-15,22H,16-17H2,1-2H3. The largest absolute Gasteiger partial charge is 0.497 e.